The lowest BCUT2D eigenvalue weighted by Crippen LogP contribution is -2.40. The summed E-state index contributed by atoms with van der Waals surface area (Å²) in [5.41, 5.74) is 3.14. The van der Waals surface area contributed by atoms with Crippen LogP contribution in [0.15, 0.2) is 122 Å². The van der Waals surface area contributed by atoms with Gasteiger partial charge in [0.1, 0.15) is 11.3 Å². The number of furan rings is 1. The Morgan fingerprint density at radius 1 is 0.833 bits per heavy atom. The van der Waals surface area contributed by atoms with Crippen LogP contribution < -0.4 is 4.80 Å². The Hall–Kier alpha value is -4.35. The second kappa shape index (κ2) is 11.1. The molecular formula is C32H26N4O4S2. The first-order valence-electron chi connectivity index (χ1n) is 13.5. The van der Waals surface area contributed by atoms with Gasteiger partial charge in [0, 0.05) is 29.4 Å². The molecule has 1 fully saturated rings. The summed E-state index contributed by atoms with van der Waals surface area (Å²) in [4.78, 5) is 5.70. The van der Waals surface area contributed by atoms with Gasteiger partial charge in [-0.15, -0.1) is 11.3 Å². The average Bonchev–Trinajstić information content (AvgIpc) is 3.64. The fourth-order valence-electron chi connectivity index (χ4n) is 4.99. The Labute approximate surface area is 246 Å². The van der Waals surface area contributed by atoms with E-state index < -0.39 is 10.0 Å². The summed E-state index contributed by atoms with van der Waals surface area (Å²) in [6.07, 6.45) is 1.83. The Morgan fingerprint density at radius 3 is 2.38 bits per heavy atom. The van der Waals surface area contributed by atoms with Crippen molar-refractivity contribution in [2.24, 2.45) is 10.1 Å². The maximum absolute atomic E-state index is 13.1. The Balaban J connectivity index is 1.30. The summed E-state index contributed by atoms with van der Waals surface area (Å²) in [5, 5.41) is 10.1. The molecule has 0 spiro atoms. The molecule has 1 aliphatic heterocycles. The van der Waals surface area contributed by atoms with E-state index in [0.29, 0.717) is 42.6 Å². The van der Waals surface area contributed by atoms with Gasteiger partial charge < -0.3 is 9.15 Å². The predicted octanol–water partition coefficient (Wildman–Crippen LogP) is 6.25. The second-order valence-corrected chi connectivity index (χ2v) is 12.6. The van der Waals surface area contributed by atoms with E-state index in [1.54, 1.807) is 28.9 Å². The molecule has 8 nitrogen and oxygen atoms in total. The number of fused-ring (bicyclic) bond motifs is 2. The van der Waals surface area contributed by atoms with Crippen LogP contribution in [0.3, 0.4) is 0 Å². The van der Waals surface area contributed by atoms with E-state index in [0.717, 1.165) is 33.0 Å². The minimum atomic E-state index is -3.59. The molecule has 0 N–H and O–H groups in total. The van der Waals surface area contributed by atoms with E-state index in [4.69, 9.17) is 19.2 Å². The summed E-state index contributed by atoms with van der Waals surface area (Å²) >= 11 is 1.43. The van der Waals surface area contributed by atoms with E-state index in [1.165, 1.54) is 15.6 Å². The molecule has 210 valence electrons. The van der Waals surface area contributed by atoms with Gasteiger partial charge >= 0.3 is 0 Å². The van der Waals surface area contributed by atoms with Crippen LogP contribution in [-0.4, -0.2) is 49.9 Å². The minimum Gasteiger partial charge on any atom is -0.454 e. The lowest BCUT2D eigenvalue weighted by Gasteiger charge is -2.26. The van der Waals surface area contributed by atoms with Crippen molar-refractivity contribution in [3.05, 3.63) is 113 Å². The van der Waals surface area contributed by atoms with E-state index in [-0.39, 0.29) is 4.90 Å². The highest BCUT2D eigenvalue weighted by Crippen LogP contribution is 2.29. The Kier molecular flexibility index (Phi) is 7.04. The average molecular weight is 595 g/mol. The van der Waals surface area contributed by atoms with Crippen molar-refractivity contribution < 1.29 is 17.6 Å². The predicted molar refractivity (Wildman–Crippen MR) is 166 cm³/mol. The van der Waals surface area contributed by atoms with Gasteiger partial charge in [0.2, 0.25) is 14.8 Å². The Bertz CT molecular complexity index is 2060. The van der Waals surface area contributed by atoms with Crippen molar-refractivity contribution in [2.45, 2.75) is 4.90 Å². The number of para-hydroxylation sites is 1. The van der Waals surface area contributed by atoms with Gasteiger partial charge in [-0.1, -0.05) is 60.7 Å². The molecule has 4 aromatic carbocycles. The van der Waals surface area contributed by atoms with Gasteiger partial charge in [-0.05, 0) is 47.2 Å². The molecule has 0 radical (unpaired) electrons. The topological polar surface area (TPSA) is 89.4 Å². The van der Waals surface area contributed by atoms with Crippen LogP contribution in [0.5, 0.6) is 0 Å². The first kappa shape index (κ1) is 26.5. The van der Waals surface area contributed by atoms with Crippen LogP contribution in [0, 0.1) is 0 Å². The molecule has 0 saturated carbocycles. The fraction of sp³-hybridized carbons (Fsp3) is 0.125. The highest BCUT2D eigenvalue weighted by Gasteiger charge is 2.26. The summed E-state index contributed by atoms with van der Waals surface area (Å²) in [6.45, 7) is 1.50. The van der Waals surface area contributed by atoms with E-state index in [9.17, 15) is 8.42 Å². The number of ether oxygens (including phenoxy) is 1. The highest BCUT2D eigenvalue weighted by atomic mass is 32.2. The largest absolute Gasteiger partial charge is 0.454 e. The number of benzene rings is 4. The van der Waals surface area contributed by atoms with Gasteiger partial charge in [-0.2, -0.15) is 9.41 Å². The van der Waals surface area contributed by atoms with Crippen LogP contribution >= 0.6 is 11.3 Å². The number of morpholine rings is 1. The lowest BCUT2D eigenvalue weighted by molar-refractivity contribution is 0.0730. The third-order valence-electron chi connectivity index (χ3n) is 7.17. The first-order valence-corrected chi connectivity index (χ1v) is 15.8. The van der Waals surface area contributed by atoms with Gasteiger partial charge in [0.15, 0.2) is 5.76 Å². The van der Waals surface area contributed by atoms with Crippen LogP contribution in [0.25, 0.3) is 33.2 Å². The molecule has 6 aromatic rings. The summed E-state index contributed by atoms with van der Waals surface area (Å²) in [6, 6.07) is 30.8. The summed E-state index contributed by atoms with van der Waals surface area (Å²) in [7, 11) is -3.59. The zero-order valence-corrected chi connectivity index (χ0v) is 24.1. The highest BCUT2D eigenvalue weighted by molar-refractivity contribution is 7.89. The normalized spacial score (nSPS) is 15.3. The van der Waals surface area contributed by atoms with Gasteiger partial charge in [0.25, 0.3) is 0 Å². The maximum atomic E-state index is 13.1. The molecular weight excluding hydrogens is 569 g/mol. The van der Waals surface area contributed by atoms with Crippen molar-refractivity contribution in [1.29, 1.82) is 0 Å². The van der Waals surface area contributed by atoms with Crippen LogP contribution in [0.4, 0.5) is 5.69 Å². The molecule has 2 aromatic heterocycles. The molecule has 0 unspecified atom stereocenters. The number of sulfonamides is 1. The monoisotopic (exact) mass is 594 g/mol. The second-order valence-electron chi connectivity index (χ2n) is 9.80. The number of hydrogen-bond acceptors (Lipinski definition) is 7. The van der Waals surface area contributed by atoms with E-state index >= 15 is 0 Å². The maximum Gasteiger partial charge on any atom is 0.243 e. The van der Waals surface area contributed by atoms with E-state index in [1.807, 2.05) is 66.2 Å². The third-order valence-corrected chi connectivity index (χ3v) is 9.90. The van der Waals surface area contributed by atoms with Crippen LogP contribution in [-0.2, 0) is 14.8 Å². The lowest BCUT2D eigenvalue weighted by atomic mass is 10.1. The van der Waals surface area contributed by atoms with Gasteiger partial charge in [0.05, 0.1) is 30.0 Å². The minimum absolute atomic E-state index is 0.236. The number of hydrogen-bond donors (Lipinski definition) is 0. The molecule has 10 heteroatoms. The molecule has 1 saturated heterocycles. The van der Waals surface area contributed by atoms with Crippen molar-refractivity contribution >= 4 is 55.0 Å². The molecule has 0 atom stereocenters. The summed E-state index contributed by atoms with van der Waals surface area (Å²) in [5.74, 6) is 0.677. The molecule has 1 aliphatic rings. The summed E-state index contributed by atoms with van der Waals surface area (Å²) < 4.78 is 40.8. The molecule has 3 heterocycles. The standard InChI is InChI=1S/C32H26N4O4S2/c37-42(38,35-16-18-39-19-17-35)27-14-12-26(13-15-27)34-32-36(33-21-25-9-5-8-23-6-1-3-10-28(23)25)29(22-41-32)31-20-24-7-2-4-11-30(24)40-31/h1-15,20-22H,16-19H2/b33-21+,34-32?. The molecule has 7 rings (SSSR count). The van der Waals surface area contributed by atoms with Gasteiger partial charge in [-0.25, -0.2) is 18.1 Å². The number of aromatic nitrogens is 1. The van der Waals surface area contributed by atoms with Crippen LogP contribution in [0.1, 0.15) is 5.56 Å². The van der Waals surface area contributed by atoms with Crippen LogP contribution in [0.2, 0.25) is 0 Å². The van der Waals surface area contributed by atoms with Crippen molar-refractivity contribution in [1.82, 2.24) is 8.98 Å². The smallest absolute Gasteiger partial charge is 0.243 e. The third kappa shape index (κ3) is 5.10. The zero-order valence-electron chi connectivity index (χ0n) is 22.5. The van der Waals surface area contributed by atoms with Gasteiger partial charge in [-0.3, -0.25) is 0 Å². The Morgan fingerprint density at radius 2 is 1.57 bits per heavy atom. The number of thiazole rings is 1. The first-order chi connectivity index (χ1) is 20.6. The number of nitrogens with zero attached hydrogens (tertiary/aromatic N) is 4. The molecule has 42 heavy (non-hydrogen) atoms. The quantitative estimate of drug-likeness (QED) is 0.213. The molecule has 0 bridgehead atoms. The van der Waals surface area contributed by atoms with E-state index in [2.05, 4.69) is 18.2 Å². The SMILES string of the molecule is O=S(=O)(c1ccc(N=c2scc(-c3cc4ccccc4o3)n2/N=C/c2cccc3ccccc23)cc1)N1CCOCC1. The molecule has 0 amide bonds. The fourth-order valence-corrected chi connectivity index (χ4v) is 7.23. The molecule has 0 aliphatic carbocycles. The van der Waals surface area contributed by atoms with Crippen molar-refractivity contribution in [3.63, 3.8) is 0 Å². The number of rotatable bonds is 6. The van der Waals surface area contributed by atoms with Crippen molar-refractivity contribution in [3.8, 4) is 11.5 Å². The van der Waals surface area contributed by atoms with Crippen molar-refractivity contribution in [2.75, 3.05) is 26.3 Å². The zero-order chi connectivity index (χ0) is 28.5.